The van der Waals surface area contributed by atoms with E-state index in [2.05, 4.69) is 27.6 Å². The first kappa shape index (κ1) is 15.9. The normalized spacial score (nSPS) is 16.3. The molecule has 1 amide bonds. The molecule has 0 spiro atoms. The molecule has 1 saturated carbocycles. The Morgan fingerprint density at radius 3 is 2.70 bits per heavy atom. The number of aromatic nitrogens is 3. The molecule has 1 heterocycles. The molecular weight excluding hydrogens is 312 g/mol. The summed E-state index contributed by atoms with van der Waals surface area (Å²) in [6.07, 6.45) is 5.91. The van der Waals surface area contributed by atoms with E-state index >= 15 is 0 Å². The van der Waals surface area contributed by atoms with Crippen molar-refractivity contribution in [1.82, 2.24) is 20.1 Å². The van der Waals surface area contributed by atoms with Gasteiger partial charge in [0.05, 0.1) is 0 Å². The number of benzene rings is 1. The van der Waals surface area contributed by atoms with Gasteiger partial charge in [0, 0.05) is 16.2 Å². The Morgan fingerprint density at radius 1 is 1.30 bits per heavy atom. The number of hydrogen-bond donors (Lipinski definition) is 2. The van der Waals surface area contributed by atoms with Crippen LogP contribution in [0.3, 0.4) is 0 Å². The van der Waals surface area contributed by atoms with Crippen LogP contribution in [-0.4, -0.2) is 32.0 Å². The van der Waals surface area contributed by atoms with Crippen LogP contribution in [0.4, 0.5) is 0 Å². The van der Waals surface area contributed by atoms with Crippen molar-refractivity contribution >= 4 is 17.7 Å². The van der Waals surface area contributed by atoms with Crippen LogP contribution in [0.5, 0.6) is 0 Å². The predicted molar refractivity (Wildman–Crippen MR) is 89.4 cm³/mol. The number of hydrogen-bond acceptors (Lipinski definition) is 4. The smallest absolute Gasteiger partial charge is 0.343 e. The summed E-state index contributed by atoms with van der Waals surface area (Å²) in [6.45, 7) is 0.624. The molecule has 0 saturated heterocycles. The van der Waals surface area contributed by atoms with E-state index in [4.69, 9.17) is 0 Å². The first-order chi connectivity index (χ1) is 11.2. The van der Waals surface area contributed by atoms with Crippen molar-refractivity contribution in [2.45, 2.75) is 41.9 Å². The van der Waals surface area contributed by atoms with Crippen LogP contribution in [-0.2, 0) is 11.3 Å². The highest BCUT2D eigenvalue weighted by Crippen LogP contribution is 2.44. The van der Waals surface area contributed by atoms with Crippen molar-refractivity contribution in [3.63, 3.8) is 0 Å². The standard InChI is InChI=1S/C16H20N4O2S/c21-14(10-20-12-18-19-15(20)22)17-11-16(8-4-5-9-16)23-13-6-2-1-3-7-13/h1-3,6-7,12H,4-5,8-11H2,(H,17,21)(H,19,22). The van der Waals surface area contributed by atoms with Crippen LogP contribution in [0.25, 0.3) is 0 Å². The number of aromatic amines is 1. The molecule has 2 aromatic rings. The van der Waals surface area contributed by atoms with Crippen LogP contribution in [0.2, 0.25) is 0 Å². The first-order valence-electron chi connectivity index (χ1n) is 7.77. The van der Waals surface area contributed by atoms with E-state index in [0.29, 0.717) is 6.54 Å². The van der Waals surface area contributed by atoms with Crippen molar-refractivity contribution in [2.24, 2.45) is 0 Å². The number of carbonyl (C=O) groups excluding carboxylic acids is 1. The summed E-state index contributed by atoms with van der Waals surface area (Å²) < 4.78 is 1.32. The molecule has 1 aromatic heterocycles. The third-order valence-corrected chi connectivity index (χ3v) is 5.63. The lowest BCUT2D eigenvalue weighted by molar-refractivity contribution is -0.121. The zero-order valence-electron chi connectivity index (χ0n) is 12.8. The van der Waals surface area contributed by atoms with Crippen molar-refractivity contribution < 1.29 is 4.79 Å². The second-order valence-corrected chi connectivity index (χ2v) is 7.41. The largest absolute Gasteiger partial charge is 0.353 e. The average Bonchev–Trinajstić information content (AvgIpc) is 3.17. The minimum atomic E-state index is -0.366. The number of carbonyl (C=O) groups is 1. The minimum absolute atomic E-state index is 0.00141. The molecule has 23 heavy (non-hydrogen) atoms. The number of rotatable bonds is 6. The predicted octanol–water partition coefficient (Wildman–Crippen LogP) is 1.79. The summed E-state index contributed by atoms with van der Waals surface area (Å²) in [5, 5.41) is 8.90. The van der Waals surface area contributed by atoms with E-state index < -0.39 is 0 Å². The molecule has 6 nitrogen and oxygen atoms in total. The Bertz CT molecular complexity index is 704. The molecule has 0 atom stereocenters. The zero-order valence-corrected chi connectivity index (χ0v) is 13.6. The molecule has 0 aliphatic heterocycles. The maximum absolute atomic E-state index is 12.1. The maximum Gasteiger partial charge on any atom is 0.343 e. The van der Waals surface area contributed by atoms with Gasteiger partial charge in [-0.1, -0.05) is 31.0 Å². The lowest BCUT2D eigenvalue weighted by atomic mass is 10.1. The van der Waals surface area contributed by atoms with Crippen molar-refractivity contribution in [3.8, 4) is 0 Å². The number of H-pyrrole nitrogens is 1. The Kier molecular flexibility index (Phi) is 4.85. The second-order valence-electron chi connectivity index (χ2n) is 5.87. The number of nitrogens with one attached hydrogen (secondary N) is 2. The van der Waals surface area contributed by atoms with Gasteiger partial charge in [0.2, 0.25) is 5.91 Å². The topological polar surface area (TPSA) is 79.8 Å². The lowest BCUT2D eigenvalue weighted by Crippen LogP contribution is -2.40. The SMILES string of the molecule is O=C(Cn1cn[nH]c1=O)NCC1(Sc2ccccc2)CCCC1. The third-order valence-electron chi connectivity index (χ3n) is 4.13. The van der Waals surface area contributed by atoms with Crippen LogP contribution >= 0.6 is 11.8 Å². The van der Waals surface area contributed by atoms with E-state index in [1.807, 2.05) is 30.0 Å². The third kappa shape index (κ3) is 4.04. The van der Waals surface area contributed by atoms with E-state index in [-0.39, 0.29) is 22.9 Å². The van der Waals surface area contributed by atoms with E-state index in [9.17, 15) is 9.59 Å². The van der Waals surface area contributed by atoms with Gasteiger partial charge in [0.25, 0.3) is 0 Å². The quantitative estimate of drug-likeness (QED) is 0.845. The van der Waals surface area contributed by atoms with Gasteiger partial charge in [-0.25, -0.2) is 9.89 Å². The fourth-order valence-electron chi connectivity index (χ4n) is 2.93. The summed E-state index contributed by atoms with van der Waals surface area (Å²) in [5.41, 5.74) is -0.366. The van der Waals surface area contributed by atoms with E-state index in [1.54, 1.807) is 0 Å². The fraction of sp³-hybridized carbons (Fsp3) is 0.438. The molecule has 0 unspecified atom stereocenters. The molecule has 3 rings (SSSR count). The van der Waals surface area contributed by atoms with Gasteiger partial charge in [0.1, 0.15) is 12.9 Å². The summed E-state index contributed by atoms with van der Waals surface area (Å²) in [4.78, 5) is 24.7. The molecule has 2 N–H and O–H groups in total. The van der Waals surface area contributed by atoms with Gasteiger partial charge < -0.3 is 5.32 Å². The van der Waals surface area contributed by atoms with Crippen molar-refractivity contribution in [1.29, 1.82) is 0 Å². The number of nitrogens with zero attached hydrogens (tertiary/aromatic N) is 2. The molecule has 1 fully saturated rings. The van der Waals surface area contributed by atoms with Gasteiger partial charge in [0.15, 0.2) is 0 Å². The summed E-state index contributed by atoms with van der Waals surface area (Å²) in [7, 11) is 0. The first-order valence-corrected chi connectivity index (χ1v) is 8.59. The van der Waals surface area contributed by atoms with Crippen LogP contribution in [0.15, 0.2) is 46.3 Å². The molecule has 7 heteroatoms. The van der Waals surface area contributed by atoms with Gasteiger partial charge in [-0.05, 0) is 25.0 Å². The highest BCUT2D eigenvalue weighted by molar-refractivity contribution is 8.00. The van der Waals surface area contributed by atoms with Gasteiger partial charge in [-0.2, -0.15) is 5.10 Å². The summed E-state index contributed by atoms with van der Waals surface area (Å²) in [6, 6.07) is 10.3. The van der Waals surface area contributed by atoms with E-state index in [0.717, 1.165) is 12.8 Å². The fourth-order valence-corrected chi connectivity index (χ4v) is 4.36. The van der Waals surface area contributed by atoms with Crippen molar-refractivity contribution in [3.05, 3.63) is 47.1 Å². The summed E-state index contributed by atoms with van der Waals surface area (Å²) >= 11 is 1.85. The average molecular weight is 332 g/mol. The highest BCUT2D eigenvalue weighted by Gasteiger charge is 2.35. The maximum atomic E-state index is 12.1. The van der Waals surface area contributed by atoms with E-state index in [1.165, 1.54) is 28.6 Å². The lowest BCUT2D eigenvalue weighted by Gasteiger charge is -2.28. The molecule has 0 bridgehead atoms. The minimum Gasteiger partial charge on any atom is -0.353 e. The molecular formula is C16H20N4O2S. The van der Waals surface area contributed by atoms with Crippen molar-refractivity contribution in [2.75, 3.05) is 6.54 Å². The summed E-state index contributed by atoms with van der Waals surface area (Å²) in [5.74, 6) is -0.159. The zero-order chi connectivity index (χ0) is 16.1. The Hall–Kier alpha value is -2.02. The number of thioether (sulfide) groups is 1. The Balaban J connectivity index is 1.60. The second kappa shape index (κ2) is 7.04. The molecule has 1 aliphatic rings. The highest BCUT2D eigenvalue weighted by atomic mass is 32.2. The van der Waals surface area contributed by atoms with Crippen LogP contribution < -0.4 is 11.0 Å². The van der Waals surface area contributed by atoms with Crippen LogP contribution in [0, 0.1) is 0 Å². The van der Waals surface area contributed by atoms with Gasteiger partial charge >= 0.3 is 5.69 Å². The molecule has 1 aliphatic carbocycles. The van der Waals surface area contributed by atoms with Gasteiger partial charge in [-0.3, -0.25) is 9.36 Å². The molecule has 1 aromatic carbocycles. The van der Waals surface area contributed by atoms with Gasteiger partial charge in [-0.15, -0.1) is 11.8 Å². The molecule has 122 valence electrons. The monoisotopic (exact) mass is 332 g/mol. The Morgan fingerprint density at radius 2 is 2.04 bits per heavy atom. The number of amides is 1. The molecule has 0 radical (unpaired) electrons. The Labute approximate surface area is 138 Å². The van der Waals surface area contributed by atoms with Crippen LogP contribution in [0.1, 0.15) is 25.7 Å².